The van der Waals surface area contributed by atoms with Crippen molar-refractivity contribution < 1.29 is 22.4 Å². The van der Waals surface area contributed by atoms with Gasteiger partial charge in [0.25, 0.3) is 10.0 Å². The first-order valence-electron chi connectivity index (χ1n) is 6.74. The molecule has 0 aliphatic rings. The van der Waals surface area contributed by atoms with Crippen molar-refractivity contribution in [2.24, 2.45) is 0 Å². The lowest BCUT2D eigenvalue weighted by molar-refractivity contribution is 0.0744. The summed E-state index contributed by atoms with van der Waals surface area (Å²) in [5.74, 6) is 0.0932. The molecule has 0 amide bonds. The van der Waals surface area contributed by atoms with E-state index in [1.165, 1.54) is 12.1 Å². The maximum atomic E-state index is 12.9. The van der Waals surface area contributed by atoms with Crippen LogP contribution in [0.25, 0.3) is 0 Å². The number of hydrogen-bond donors (Lipinski definition) is 0. The van der Waals surface area contributed by atoms with Crippen molar-refractivity contribution in [3.8, 4) is 0 Å². The number of methoxy groups -OCH3 is 1. The highest BCUT2D eigenvalue weighted by Gasteiger charge is 2.29. The number of sulfonamides is 1. The van der Waals surface area contributed by atoms with Gasteiger partial charge in [-0.2, -0.15) is 0 Å². The van der Waals surface area contributed by atoms with Gasteiger partial charge in [0.15, 0.2) is 0 Å². The number of aromatic nitrogens is 1. The minimum Gasteiger partial charge on any atom is -0.382 e. The van der Waals surface area contributed by atoms with Crippen LogP contribution in [0.4, 0.5) is 5.88 Å². The van der Waals surface area contributed by atoms with Crippen LogP contribution in [-0.2, 0) is 19.5 Å². The third-order valence-corrected chi connectivity index (χ3v) is 5.64. The minimum atomic E-state index is -3.87. The third-order valence-electron chi connectivity index (χ3n) is 2.91. The fourth-order valence-corrected chi connectivity index (χ4v) is 4.02. The maximum absolute atomic E-state index is 12.9. The molecular weight excluding hydrogens is 388 g/mol. The quantitative estimate of drug-likeness (QED) is 0.496. The lowest BCUT2D eigenvalue weighted by atomic mass is 10.4. The second-order valence-corrected chi connectivity index (χ2v) is 7.31. The Bertz CT molecular complexity index is 747. The Labute approximate surface area is 143 Å². The second kappa shape index (κ2) is 7.91. The van der Waals surface area contributed by atoms with E-state index in [2.05, 4.69) is 21.1 Å². The van der Waals surface area contributed by atoms with Crippen LogP contribution in [0.1, 0.15) is 5.69 Å². The zero-order valence-corrected chi connectivity index (χ0v) is 15.1. The Balaban J connectivity index is 2.34. The number of rotatable bonds is 8. The Morgan fingerprint density at radius 2 is 2.04 bits per heavy atom. The summed E-state index contributed by atoms with van der Waals surface area (Å²) in [4.78, 5) is 0.115. The van der Waals surface area contributed by atoms with Gasteiger partial charge in [-0.15, -0.1) is 0 Å². The van der Waals surface area contributed by atoms with Gasteiger partial charge in [0.2, 0.25) is 5.88 Å². The van der Waals surface area contributed by atoms with Crippen molar-refractivity contribution in [1.82, 2.24) is 5.16 Å². The van der Waals surface area contributed by atoms with E-state index < -0.39 is 10.0 Å². The molecule has 2 aromatic rings. The van der Waals surface area contributed by atoms with Crippen LogP contribution in [0.15, 0.2) is 44.2 Å². The first-order valence-corrected chi connectivity index (χ1v) is 8.97. The number of aryl methyl sites for hydroxylation is 1. The fourth-order valence-electron chi connectivity index (χ4n) is 1.78. The number of ether oxygens (including phenoxy) is 2. The first-order chi connectivity index (χ1) is 11.0. The van der Waals surface area contributed by atoms with Gasteiger partial charge in [0.05, 0.1) is 18.9 Å². The largest absolute Gasteiger partial charge is 0.382 e. The molecule has 23 heavy (non-hydrogen) atoms. The molecule has 1 aromatic heterocycles. The molecule has 0 unspecified atom stereocenters. The lowest BCUT2D eigenvalue weighted by Gasteiger charge is -2.21. The molecule has 0 spiro atoms. The van der Waals surface area contributed by atoms with Gasteiger partial charge in [-0.3, -0.25) is 0 Å². The van der Waals surface area contributed by atoms with E-state index in [1.807, 2.05) is 0 Å². The van der Waals surface area contributed by atoms with Gasteiger partial charge in [-0.25, -0.2) is 12.7 Å². The zero-order valence-electron chi connectivity index (χ0n) is 12.7. The number of anilines is 1. The van der Waals surface area contributed by atoms with Gasteiger partial charge in [0, 0.05) is 17.6 Å². The predicted octanol–water partition coefficient (Wildman–Crippen LogP) is 2.56. The van der Waals surface area contributed by atoms with Crippen molar-refractivity contribution in [2.75, 3.05) is 31.4 Å². The van der Waals surface area contributed by atoms with E-state index >= 15 is 0 Å². The molecule has 1 heterocycles. The van der Waals surface area contributed by atoms with Crippen LogP contribution < -0.4 is 4.31 Å². The SMILES string of the molecule is COCCOCN(c1cc(C)no1)S(=O)(=O)c1ccccc1Br. The number of halogens is 1. The van der Waals surface area contributed by atoms with E-state index in [9.17, 15) is 8.42 Å². The molecule has 9 heteroatoms. The van der Waals surface area contributed by atoms with Crippen LogP contribution in [0, 0.1) is 6.92 Å². The van der Waals surface area contributed by atoms with Crippen molar-refractivity contribution in [3.05, 3.63) is 40.5 Å². The van der Waals surface area contributed by atoms with Gasteiger partial charge >= 0.3 is 0 Å². The number of hydrogen-bond acceptors (Lipinski definition) is 6. The molecule has 0 saturated carbocycles. The molecule has 0 bridgehead atoms. The van der Waals surface area contributed by atoms with Crippen LogP contribution in [0.3, 0.4) is 0 Å². The molecule has 0 N–H and O–H groups in total. The lowest BCUT2D eigenvalue weighted by Crippen LogP contribution is -2.33. The molecule has 0 atom stereocenters. The average molecular weight is 405 g/mol. The Morgan fingerprint density at radius 3 is 2.65 bits per heavy atom. The summed E-state index contributed by atoms with van der Waals surface area (Å²) in [6, 6.07) is 8.08. The maximum Gasteiger partial charge on any atom is 0.269 e. The molecule has 0 saturated heterocycles. The van der Waals surface area contributed by atoms with Crippen LogP contribution in [0.5, 0.6) is 0 Å². The molecule has 0 radical (unpaired) electrons. The average Bonchev–Trinajstić information content (AvgIpc) is 2.93. The molecule has 1 aromatic carbocycles. The van der Waals surface area contributed by atoms with Gasteiger partial charge in [-0.1, -0.05) is 17.3 Å². The van der Waals surface area contributed by atoms with Crippen molar-refractivity contribution >= 4 is 31.8 Å². The Kier molecular flexibility index (Phi) is 6.17. The molecular formula is C14H17BrN2O5S. The summed E-state index contributed by atoms with van der Waals surface area (Å²) in [6.45, 7) is 2.12. The van der Waals surface area contributed by atoms with Crippen molar-refractivity contribution in [1.29, 1.82) is 0 Å². The third kappa shape index (κ3) is 4.31. The van der Waals surface area contributed by atoms with Gasteiger partial charge in [0.1, 0.15) is 11.6 Å². The minimum absolute atomic E-state index is 0.0932. The summed E-state index contributed by atoms with van der Waals surface area (Å²) >= 11 is 3.26. The second-order valence-electron chi connectivity index (χ2n) is 4.62. The molecule has 0 fully saturated rings. The molecule has 126 valence electrons. The van der Waals surface area contributed by atoms with Gasteiger partial charge in [-0.05, 0) is 35.0 Å². The summed E-state index contributed by atoms with van der Waals surface area (Å²) in [7, 11) is -2.33. The molecule has 0 aliphatic carbocycles. The normalized spacial score (nSPS) is 11.6. The van der Waals surface area contributed by atoms with Crippen LogP contribution >= 0.6 is 15.9 Å². The van der Waals surface area contributed by atoms with E-state index in [1.54, 1.807) is 32.2 Å². The monoisotopic (exact) mass is 404 g/mol. The molecule has 2 rings (SSSR count). The predicted molar refractivity (Wildman–Crippen MR) is 87.7 cm³/mol. The summed E-state index contributed by atoms with van der Waals surface area (Å²) in [6.07, 6.45) is 0. The highest BCUT2D eigenvalue weighted by molar-refractivity contribution is 9.10. The highest BCUT2D eigenvalue weighted by atomic mass is 79.9. The molecule has 0 aliphatic heterocycles. The van der Waals surface area contributed by atoms with Crippen LogP contribution in [0.2, 0.25) is 0 Å². The van der Waals surface area contributed by atoms with E-state index in [4.69, 9.17) is 14.0 Å². The topological polar surface area (TPSA) is 81.9 Å². The Hall–Kier alpha value is -1.42. The standard InChI is InChI=1S/C14H17BrN2O5S/c1-11-9-14(22-16-11)17(10-21-8-7-20-2)23(18,19)13-6-4-3-5-12(13)15/h3-6,9H,7-8,10H2,1-2H3. The summed E-state index contributed by atoms with van der Waals surface area (Å²) < 4.78 is 42.7. The van der Waals surface area contributed by atoms with Crippen molar-refractivity contribution in [3.63, 3.8) is 0 Å². The van der Waals surface area contributed by atoms with Crippen molar-refractivity contribution in [2.45, 2.75) is 11.8 Å². The Morgan fingerprint density at radius 1 is 1.30 bits per heavy atom. The smallest absolute Gasteiger partial charge is 0.269 e. The molecule has 7 nitrogen and oxygen atoms in total. The van der Waals surface area contributed by atoms with E-state index in [0.29, 0.717) is 16.8 Å². The van der Waals surface area contributed by atoms with E-state index in [-0.39, 0.29) is 24.1 Å². The van der Waals surface area contributed by atoms with Gasteiger partial charge < -0.3 is 14.0 Å². The fraction of sp³-hybridized carbons (Fsp3) is 0.357. The highest BCUT2D eigenvalue weighted by Crippen LogP contribution is 2.28. The summed E-state index contributed by atoms with van der Waals surface area (Å²) in [5.41, 5.74) is 0.573. The zero-order chi connectivity index (χ0) is 16.9. The number of benzene rings is 1. The number of nitrogens with zero attached hydrogens (tertiary/aromatic N) is 2. The van der Waals surface area contributed by atoms with Crippen LogP contribution in [-0.4, -0.2) is 40.6 Å². The van der Waals surface area contributed by atoms with E-state index in [0.717, 1.165) is 4.31 Å². The first kappa shape index (κ1) is 17.9. The summed E-state index contributed by atoms with van der Waals surface area (Å²) in [5, 5.41) is 3.74.